The summed E-state index contributed by atoms with van der Waals surface area (Å²) in [6.07, 6.45) is -7.82. The molecule has 0 fully saturated rings. The lowest BCUT2D eigenvalue weighted by atomic mass is 9.73. The van der Waals surface area contributed by atoms with Crippen LogP contribution >= 0.6 is 0 Å². The highest BCUT2D eigenvalue weighted by atomic mass is 19.4. The van der Waals surface area contributed by atoms with Crippen molar-refractivity contribution in [3.05, 3.63) is 83.0 Å². The van der Waals surface area contributed by atoms with Gasteiger partial charge in [0.2, 0.25) is 5.41 Å². The van der Waals surface area contributed by atoms with Gasteiger partial charge in [0, 0.05) is 0 Å². The summed E-state index contributed by atoms with van der Waals surface area (Å²) in [5, 5.41) is 0. The molecule has 0 saturated heterocycles. The van der Waals surface area contributed by atoms with E-state index in [9.17, 15) is 26.3 Å². The molecule has 0 heterocycles. The Morgan fingerprint density at radius 3 is 1.15 bits per heavy atom. The van der Waals surface area contributed by atoms with Gasteiger partial charge in [0.1, 0.15) is 24.7 Å². The monoisotopic (exact) mass is 472 g/mol. The number of rotatable bonds is 8. The molecular weight excluding hydrogens is 446 g/mol. The van der Waals surface area contributed by atoms with E-state index >= 15 is 0 Å². The second kappa shape index (κ2) is 10.4. The number of halogens is 6. The summed E-state index contributed by atoms with van der Waals surface area (Å²) in [5.41, 5.74) is -4.18. The Labute approximate surface area is 189 Å². The van der Waals surface area contributed by atoms with Crippen molar-refractivity contribution in [2.24, 2.45) is 0 Å². The van der Waals surface area contributed by atoms with Gasteiger partial charge in [-0.05, 0) is 75.2 Å². The zero-order valence-electron chi connectivity index (χ0n) is 18.8. The van der Waals surface area contributed by atoms with Crippen LogP contribution in [0.1, 0.15) is 38.8 Å². The van der Waals surface area contributed by atoms with Crippen LogP contribution in [0.3, 0.4) is 0 Å². The number of allylic oxidation sites excluding steroid dienone is 2. The van der Waals surface area contributed by atoms with E-state index in [1.165, 1.54) is 0 Å². The second-order valence-corrected chi connectivity index (χ2v) is 7.98. The summed E-state index contributed by atoms with van der Waals surface area (Å²) in [4.78, 5) is 0. The molecule has 0 bridgehead atoms. The molecule has 0 aromatic heterocycles. The van der Waals surface area contributed by atoms with Crippen LogP contribution in [-0.4, -0.2) is 25.6 Å². The maximum absolute atomic E-state index is 14.2. The zero-order valence-corrected chi connectivity index (χ0v) is 18.8. The topological polar surface area (TPSA) is 18.5 Å². The fourth-order valence-corrected chi connectivity index (χ4v) is 3.19. The Kier molecular flexibility index (Phi) is 8.27. The SMILES string of the molecule is CC(C)=CCOc1ccc(C(c2ccc(OCC=C(C)C)cc2)(C(F)(F)F)C(F)(F)F)cc1. The average Bonchev–Trinajstić information content (AvgIpc) is 2.68. The molecular formula is C25H26F6O2. The smallest absolute Gasteiger partial charge is 0.411 e. The van der Waals surface area contributed by atoms with Crippen molar-refractivity contribution in [3.8, 4) is 11.5 Å². The molecule has 0 saturated carbocycles. The van der Waals surface area contributed by atoms with Crippen molar-refractivity contribution in [1.82, 2.24) is 0 Å². The van der Waals surface area contributed by atoms with E-state index in [0.717, 1.165) is 59.7 Å². The van der Waals surface area contributed by atoms with Crippen LogP contribution < -0.4 is 9.47 Å². The Bertz CT molecular complexity index is 878. The predicted octanol–water partition coefficient (Wildman–Crippen LogP) is 7.79. The molecule has 0 amide bonds. The van der Waals surface area contributed by atoms with Crippen LogP contribution in [0.4, 0.5) is 26.3 Å². The van der Waals surface area contributed by atoms with Gasteiger partial charge in [-0.1, -0.05) is 35.4 Å². The van der Waals surface area contributed by atoms with Crippen LogP contribution in [0.5, 0.6) is 11.5 Å². The van der Waals surface area contributed by atoms with E-state index in [-0.39, 0.29) is 24.7 Å². The van der Waals surface area contributed by atoms with Crippen LogP contribution in [0.25, 0.3) is 0 Å². The number of hydrogen-bond donors (Lipinski definition) is 0. The normalized spacial score (nSPS) is 12.2. The summed E-state index contributed by atoms with van der Waals surface area (Å²) in [6.45, 7) is 7.66. The largest absolute Gasteiger partial charge is 0.490 e. The minimum atomic E-state index is -5.65. The molecule has 0 N–H and O–H groups in total. The first kappa shape index (κ1) is 26.4. The molecule has 33 heavy (non-hydrogen) atoms. The first-order chi connectivity index (χ1) is 15.3. The molecule has 0 atom stereocenters. The van der Waals surface area contributed by atoms with E-state index in [1.54, 1.807) is 12.2 Å². The molecule has 0 aliphatic rings. The first-order valence-corrected chi connectivity index (χ1v) is 10.2. The lowest BCUT2D eigenvalue weighted by Crippen LogP contribution is -2.54. The molecule has 0 radical (unpaired) electrons. The Hall–Kier alpha value is -2.90. The van der Waals surface area contributed by atoms with Gasteiger partial charge in [0.25, 0.3) is 0 Å². The molecule has 8 heteroatoms. The lowest BCUT2D eigenvalue weighted by molar-refractivity contribution is -0.288. The van der Waals surface area contributed by atoms with E-state index in [0.29, 0.717) is 0 Å². The van der Waals surface area contributed by atoms with Crippen LogP contribution in [0.2, 0.25) is 0 Å². The van der Waals surface area contributed by atoms with E-state index in [2.05, 4.69) is 0 Å². The quantitative estimate of drug-likeness (QED) is 0.288. The fraction of sp³-hybridized carbons (Fsp3) is 0.360. The molecule has 2 aromatic rings. The zero-order chi connectivity index (χ0) is 24.9. The summed E-state index contributed by atoms with van der Waals surface area (Å²) in [6, 6.07) is 7.65. The van der Waals surface area contributed by atoms with Crippen molar-refractivity contribution in [3.63, 3.8) is 0 Å². The van der Waals surface area contributed by atoms with Gasteiger partial charge in [-0.25, -0.2) is 0 Å². The van der Waals surface area contributed by atoms with Gasteiger partial charge in [-0.3, -0.25) is 0 Å². The summed E-state index contributed by atoms with van der Waals surface area (Å²) >= 11 is 0. The van der Waals surface area contributed by atoms with Crippen molar-refractivity contribution in [2.75, 3.05) is 13.2 Å². The standard InChI is InChI=1S/C25H26F6O2/c1-17(2)13-15-32-21-9-5-19(6-10-21)23(24(26,27)28,25(29,30)31)20-7-11-22(12-8-20)33-16-14-18(3)4/h5-14H,15-16H2,1-4H3. The molecule has 180 valence electrons. The van der Waals surface area contributed by atoms with Gasteiger partial charge in [0.15, 0.2) is 0 Å². The van der Waals surface area contributed by atoms with E-state index in [1.807, 2.05) is 27.7 Å². The Morgan fingerprint density at radius 2 is 0.909 bits per heavy atom. The maximum Gasteiger partial charge on any atom is 0.411 e. The molecule has 0 unspecified atom stereocenters. The highest BCUT2D eigenvalue weighted by molar-refractivity contribution is 5.47. The third-order valence-corrected chi connectivity index (χ3v) is 4.91. The van der Waals surface area contributed by atoms with E-state index in [4.69, 9.17) is 9.47 Å². The van der Waals surface area contributed by atoms with Gasteiger partial charge in [0.05, 0.1) is 0 Å². The van der Waals surface area contributed by atoms with Gasteiger partial charge >= 0.3 is 12.4 Å². The van der Waals surface area contributed by atoms with Gasteiger partial charge in [-0.15, -0.1) is 0 Å². The summed E-state index contributed by atoms with van der Waals surface area (Å²) in [5.74, 6) is 0.329. The van der Waals surface area contributed by atoms with E-state index < -0.39 is 28.9 Å². The van der Waals surface area contributed by atoms with Crippen molar-refractivity contribution in [1.29, 1.82) is 0 Å². The third-order valence-electron chi connectivity index (χ3n) is 4.91. The predicted molar refractivity (Wildman–Crippen MR) is 116 cm³/mol. The molecule has 2 aromatic carbocycles. The Morgan fingerprint density at radius 1 is 0.606 bits per heavy atom. The lowest BCUT2D eigenvalue weighted by Gasteiger charge is -2.38. The van der Waals surface area contributed by atoms with Crippen LogP contribution in [-0.2, 0) is 5.41 Å². The molecule has 0 spiro atoms. The number of alkyl halides is 6. The average molecular weight is 472 g/mol. The van der Waals surface area contributed by atoms with Crippen molar-refractivity contribution >= 4 is 0 Å². The second-order valence-electron chi connectivity index (χ2n) is 7.98. The molecule has 2 rings (SSSR count). The van der Waals surface area contributed by atoms with Gasteiger partial charge in [-0.2, -0.15) is 26.3 Å². The minimum Gasteiger partial charge on any atom is -0.490 e. The molecule has 0 aliphatic heterocycles. The minimum absolute atomic E-state index is 0.152. The summed E-state index contributed by atoms with van der Waals surface area (Å²) < 4.78 is 96.1. The number of hydrogen-bond acceptors (Lipinski definition) is 2. The first-order valence-electron chi connectivity index (χ1n) is 10.2. The number of ether oxygens (including phenoxy) is 2. The third kappa shape index (κ3) is 6.12. The maximum atomic E-state index is 14.2. The highest BCUT2D eigenvalue weighted by Crippen LogP contribution is 2.56. The van der Waals surface area contributed by atoms with Crippen molar-refractivity contribution < 1.29 is 35.8 Å². The molecule has 0 aliphatic carbocycles. The fourth-order valence-electron chi connectivity index (χ4n) is 3.19. The van der Waals surface area contributed by atoms with Crippen LogP contribution in [0, 0.1) is 0 Å². The summed E-state index contributed by atoms with van der Waals surface area (Å²) in [7, 11) is 0. The Balaban J connectivity index is 2.50. The van der Waals surface area contributed by atoms with Crippen molar-refractivity contribution in [2.45, 2.75) is 45.5 Å². The number of benzene rings is 2. The highest BCUT2D eigenvalue weighted by Gasteiger charge is 2.72. The molecule has 2 nitrogen and oxygen atoms in total. The van der Waals surface area contributed by atoms with Crippen LogP contribution in [0.15, 0.2) is 71.8 Å². The van der Waals surface area contributed by atoms with Gasteiger partial charge < -0.3 is 9.47 Å².